The van der Waals surface area contributed by atoms with E-state index < -0.39 is 0 Å². The summed E-state index contributed by atoms with van der Waals surface area (Å²) in [7, 11) is 2.16. The molecule has 0 unspecified atom stereocenters. The molecule has 0 bridgehead atoms. The summed E-state index contributed by atoms with van der Waals surface area (Å²) < 4.78 is 0. The van der Waals surface area contributed by atoms with Crippen LogP contribution in [0, 0.1) is 0 Å². The summed E-state index contributed by atoms with van der Waals surface area (Å²) in [5, 5.41) is 0. The number of anilines is 1. The van der Waals surface area contributed by atoms with Crippen molar-refractivity contribution in [3.05, 3.63) is 30.3 Å². The lowest BCUT2D eigenvalue weighted by molar-refractivity contribution is -0.132. The number of piperidine rings is 1. The van der Waals surface area contributed by atoms with E-state index in [1.54, 1.807) is 0 Å². The summed E-state index contributed by atoms with van der Waals surface area (Å²) in [4.78, 5) is 16.4. The van der Waals surface area contributed by atoms with Gasteiger partial charge in [-0.05, 0) is 31.4 Å². The first-order valence-electron chi connectivity index (χ1n) is 7.78. The third-order valence-electron chi connectivity index (χ3n) is 4.27. The molecule has 1 fully saturated rings. The fourth-order valence-corrected chi connectivity index (χ4v) is 2.86. The summed E-state index contributed by atoms with van der Waals surface area (Å²) in [6.45, 7) is 3.95. The van der Waals surface area contributed by atoms with Crippen LogP contribution >= 0.6 is 0 Å². The zero-order valence-corrected chi connectivity index (χ0v) is 12.7. The van der Waals surface area contributed by atoms with Crippen molar-refractivity contribution in [1.29, 1.82) is 0 Å². The monoisotopic (exact) mass is 274 g/mol. The summed E-state index contributed by atoms with van der Waals surface area (Å²) in [6.07, 6.45) is 4.98. The van der Waals surface area contributed by atoms with Crippen LogP contribution in [-0.2, 0) is 4.79 Å². The van der Waals surface area contributed by atoms with Crippen molar-refractivity contribution in [1.82, 2.24) is 4.90 Å². The van der Waals surface area contributed by atoms with Gasteiger partial charge >= 0.3 is 0 Å². The van der Waals surface area contributed by atoms with Gasteiger partial charge in [-0.25, -0.2) is 0 Å². The molecule has 0 spiro atoms. The minimum atomic E-state index is 0.340. The van der Waals surface area contributed by atoms with Crippen LogP contribution in [0.15, 0.2) is 30.3 Å². The molecule has 1 amide bonds. The molecule has 1 aromatic carbocycles. The molecule has 0 aromatic heterocycles. The standard InChI is InChI=1S/C17H26N2O/c1-3-4-10-17(20)19-13-11-16(12-14-19)18(2)15-8-6-5-7-9-15/h5-9,16H,3-4,10-14H2,1-2H3. The second kappa shape index (κ2) is 7.32. The number of carbonyl (C=O) groups is 1. The normalized spacial score (nSPS) is 16.2. The van der Waals surface area contributed by atoms with Crippen molar-refractivity contribution in [2.75, 3.05) is 25.0 Å². The summed E-state index contributed by atoms with van der Waals surface area (Å²) in [6, 6.07) is 11.1. The first-order chi connectivity index (χ1) is 9.72. The number of benzene rings is 1. The number of unbranched alkanes of at least 4 members (excludes halogenated alkanes) is 1. The molecule has 3 heteroatoms. The van der Waals surface area contributed by atoms with Gasteiger partial charge in [0.05, 0.1) is 0 Å². The molecule has 0 saturated carbocycles. The molecule has 1 aliphatic rings. The van der Waals surface area contributed by atoms with E-state index in [9.17, 15) is 4.79 Å². The van der Waals surface area contributed by atoms with Crippen LogP contribution in [0.4, 0.5) is 5.69 Å². The average Bonchev–Trinajstić information content (AvgIpc) is 2.53. The Morgan fingerprint density at radius 1 is 1.25 bits per heavy atom. The van der Waals surface area contributed by atoms with E-state index in [4.69, 9.17) is 0 Å². The Kier molecular flexibility index (Phi) is 5.45. The van der Waals surface area contributed by atoms with Crippen molar-refractivity contribution in [2.24, 2.45) is 0 Å². The molecule has 110 valence electrons. The van der Waals surface area contributed by atoms with Crippen molar-refractivity contribution >= 4 is 11.6 Å². The van der Waals surface area contributed by atoms with Gasteiger partial charge in [-0.1, -0.05) is 31.5 Å². The van der Waals surface area contributed by atoms with Crippen molar-refractivity contribution < 1.29 is 4.79 Å². The van der Waals surface area contributed by atoms with Gasteiger partial charge in [0.1, 0.15) is 0 Å². The maximum atomic E-state index is 12.0. The Bertz CT molecular complexity index is 410. The number of carbonyl (C=O) groups excluding carboxylic acids is 1. The molecule has 3 nitrogen and oxygen atoms in total. The van der Waals surface area contributed by atoms with E-state index in [-0.39, 0.29) is 0 Å². The van der Waals surface area contributed by atoms with E-state index >= 15 is 0 Å². The van der Waals surface area contributed by atoms with Gasteiger partial charge in [-0.2, -0.15) is 0 Å². The van der Waals surface area contributed by atoms with Crippen LogP contribution in [0.25, 0.3) is 0 Å². The van der Waals surface area contributed by atoms with Crippen LogP contribution in [-0.4, -0.2) is 37.0 Å². The Hall–Kier alpha value is -1.51. The molecule has 0 aliphatic carbocycles. The van der Waals surface area contributed by atoms with Gasteiger partial charge in [0.2, 0.25) is 5.91 Å². The van der Waals surface area contributed by atoms with Crippen molar-refractivity contribution in [3.63, 3.8) is 0 Å². The number of likely N-dealkylation sites (tertiary alicyclic amines) is 1. The SMILES string of the molecule is CCCCC(=O)N1CCC(N(C)c2ccccc2)CC1. The molecular weight excluding hydrogens is 248 g/mol. The predicted octanol–water partition coefficient (Wildman–Crippen LogP) is 3.30. The number of para-hydroxylation sites is 1. The summed E-state index contributed by atoms with van der Waals surface area (Å²) >= 11 is 0. The fourth-order valence-electron chi connectivity index (χ4n) is 2.86. The molecule has 0 N–H and O–H groups in total. The first-order valence-corrected chi connectivity index (χ1v) is 7.78. The van der Waals surface area contributed by atoms with Crippen molar-refractivity contribution in [2.45, 2.75) is 45.1 Å². The van der Waals surface area contributed by atoms with Gasteiger partial charge in [0, 0.05) is 38.3 Å². The Morgan fingerprint density at radius 3 is 2.50 bits per heavy atom. The second-order valence-electron chi connectivity index (χ2n) is 5.66. The molecule has 1 aromatic rings. The van der Waals surface area contributed by atoms with E-state index in [0.717, 1.165) is 45.2 Å². The quantitative estimate of drug-likeness (QED) is 0.822. The largest absolute Gasteiger partial charge is 0.371 e. The van der Waals surface area contributed by atoms with Crippen LogP contribution < -0.4 is 4.90 Å². The van der Waals surface area contributed by atoms with E-state index in [0.29, 0.717) is 11.9 Å². The zero-order chi connectivity index (χ0) is 14.4. The van der Waals surface area contributed by atoms with Crippen molar-refractivity contribution in [3.8, 4) is 0 Å². The number of hydrogen-bond acceptors (Lipinski definition) is 2. The highest BCUT2D eigenvalue weighted by Crippen LogP contribution is 2.22. The number of amides is 1. The van der Waals surface area contributed by atoms with Gasteiger partial charge in [0.15, 0.2) is 0 Å². The topological polar surface area (TPSA) is 23.6 Å². The second-order valence-corrected chi connectivity index (χ2v) is 5.66. The Balaban J connectivity index is 1.83. The van der Waals surface area contributed by atoms with Gasteiger partial charge in [-0.3, -0.25) is 4.79 Å². The minimum Gasteiger partial charge on any atom is -0.371 e. The maximum absolute atomic E-state index is 12.0. The highest BCUT2D eigenvalue weighted by atomic mass is 16.2. The molecule has 20 heavy (non-hydrogen) atoms. The van der Waals surface area contributed by atoms with Crippen LogP contribution in [0.1, 0.15) is 39.0 Å². The maximum Gasteiger partial charge on any atom is 0.222 e. The number of nitrogens with zero attached hydrogens (tertiary/aromatic N) is 2. The molecule has 0 radical (unpaired) electrons. The summed E-state index contributed by atoms with van der Waals surface area (Å²) in [5.41, 5.74) is 1.27. The molecule has 1 saturated heterocycles. The molecular formula is C17H26N2O. The summed E-state index contributed by atoms with van der Waals surface area (Å²) in [5.74, 6) is 0.340. The molecule has 0 atom stereocenters. The zero-order valence-electron chi connectivity index (χ0n) is 12.7. The highest BCUT2D eigenvalue weighted by molar-refractivity contribution is 5.76. The van der Waals surface area contributed by atoms with E-state index in [1.165, 1.54) is 5.69 Å². The van der Waals surface area contributed by atoms with Crippen LogP contribution in [0.3, 0.4) is 0 Å². The van der Waals surface area contributed by atoms with Gasteiger partial charge in [-0.15, -0.1) is 0 Å². The van der Waals surface area contributed by atoms with E-state index in [2.05, 4.69) is 43.1 Å². The van der Waals surface area contributed by atoms with Gasteiger partial charge in [0.25, 0.3) is 0 Å². The van der Waals surface area contributed by atoms with Crippen LogP contribution in [0.5, 0.6) is 0 Å². The minimum absolute atomic E-state index is 0.340. The third-order valence-corrected chi connectivity index (χ3v) is 4.27. The lowest BCUT2D eigenvalue weighted by Gasteiger charge is -2.38. The molecule has 1 aliphatic heterocycles. The number of rotatable bonds is 5. The average molecular weight is 274 g/mol. The Labute approximate surface area is 122 Å². The lowest BCUT2D eigenvalue weighted by Crippen LogP contribution is -2.45. The third kappa shape index (κ3) is 3.75. The molecule has 2 rings (SSSR count). The lowest BCUT2D eigenvalue weighted by atomic mass is 10.0. The Morgan fingerprint density at radius 2 is 1.90 bits per heavy atom. The van der Waals surface area contributed by atoms with E-state index in [1.807, 2.05) is 11.0 Å². The van der Waals surface area contributed by atoms with Crippen LogP contribution in [0.2, 0.25) is 0 Å². The first kappa shape index (κ1) is 14.9. The predicted molar refractivity (Wildman–Crippen MR) is 84.0 cm³/mol. The fraction of sp³-hybridized carbons (Fsp3) is 0.588. The smallest absolute Gasteiger partial charge is 0.222 e. The molecule has 1 heterocycles. The highest BCUT2D eigenvalue weighted by Gasteiger charge is 2.24. The number of hydrogen-bond donors (Lipinski definition) is 0. The van der Waals surface area contributed by atoms with Gasteiger partial charge < -0.3 is 9.80 Å².